The molecule has 4 heteroatoms. The molecule has 28 heavy (non-hydrogen) atoms. The first-order valence-electron chi connectivity index (χ1n) is 11.0. The Morgan fingerprint density at radius 2 is 1.71 bits per heavy atom. The molecule has 3 aliphatic rings. The number of nitrogens with zero attached hydrogens (tertiary/aromatic N) is 2. The summed E-state index contributed by atoms with van der Waals surface area (Å²) < 4.78 is 0. The van der Waals surface area contributed by atoms with Gasteiger partial charge >= 0.3 is 0 Å². The molecule has 2 saturated heterocycles. The molecule has 0 unspecified atom stereocenters. The van der Waals surface area contributed by atoms with Crippen LogP contribution >= 0.6 is 0 Å². The predicted molar refractivity (Wildman–Crippen MR) is 113 cm³/mol. The number of rotatable bonds is 6. The van der Waals surface area contributed by atoms with Crippen molar-refractivity contribution in [3.8, 4) is 0 Å². The first-order chi connectivity index (χ1) is 13.6. The molecule has 1 aromatic rings. The number of hydrogen-bond donors (Lipinski definition) is 1. The summed E-state index contributed by atoms with van der Waals surface area (Å²) in [6.07, 6.45) is 12.1. The van der Waals surface area contributed by atoms with Crippen molar-refractivity contribution in [3.05, 3.63) is 41.0 Å². The number of carbonyl (C=O) groups excluding carboxylic acids is 1. The first kappa shape index (κ1) is 19.8. The van der Waals surface area contributed by atoms with Crippen molar-refractivity contribution >= 4 is 12.4 Å². The molecule has 0 spiro atoms. The number of hydrogen-bond acceptors (Lipinski definition) is 4. The van der Waals surface area contributed by atoms with E-state index in [-0.39, 0.29) is 0 Å². The summed E-state index contributed by atoms with van der Waals surface area (Å²) in [5.74, 6) is 0. The van der Waals surface area contributed by atoms with Gasteiger partial charge in [0, 0.05) is 38.6 Å². The fourth-order valence-electron chi connectivity index (χ4n) is 4.85. The van der Waals surface area contributed by atoms with Crippen LogP contribution in [0.4, 0.5) is 0 Å². The van der Waals surface area contributed by atoms with Crippen LogP contribution in [0.5, 0.6) is 0 Å². The molecular weight excluding hydrogens is 348 g/mol. The second-order valence-corrected chi connectivity index (χ2v) is 9.03. The Morgan fingerprint density at radius 3 is 2.29 bits per heavy atom. The van der Waals surface area contributed by atoms with E-state index in [1.807, 2.05) is 0 Å². The highest BCUT2D eigenvalue weighted by Crippen LogP contribution is 2.30. The highest BCUT2D eigenvalue weighted by Gasteiger charge is 2.32. The molecule has 0 aromatic heterocycles. The molecule has 152 valence electrons. The smallest absolute Gasteiger partial charge is 0.133 e. The van der Waals surface area contributed by atoms with E-state index in [1.54, 1.807) is 5.57 Å². The lowest BCUT2D eigenvalue weighted by Crippen LogP contribution is -2.46. The Bertz CT molecular complexity index is 675. The first-order valence-corrected chi connectivity index (χ1v) is 11.0. The second-order valence-electron chi connectivity index (χ2n) is 9.03. The molecule has 0 bridgehead atoms. The summed E-state index contributed by atoms with van der Waals surface area (Å²) in [5.41, 5.74) is 3.43. The fourth-order valence-corrected chi connectivity index (χ4v) is 4.85. The largest absolute Gasteiger partial charge is 0.389 e. The molecule has 2 aliphatic heterocycles. The Labute approximate surface area is 169 Å². The molecule has 1 aliphatic carbocycles. The van der Waals surface area contributed by atoms with Gasteiger partial charge in [-0.25, -0.2) is 0 Å². The minimum Gasteiger partial charge on any atom is -0.389 e. The van der Waals surface area contributed by atoms with Gasteiger partial charge in [-0.1, -0.05) is 42.3 Å². The zero-order valence-corrected chi connectivity index (χ0v) is 17.0. The van der Waals surface area contributed by atoms with Crippen LogP contribution < -0.4 is 0 Å². The van der Waals surface area contributed by atoms with Crippen molar-refractivity contribution in [2.45, 2.75) is 63.0 Å². The van der Waals surface area contributed by atoms with Gasteiger partial charge < -0.3 is 9.90 Å². The summed E-state index contributed by atoms with van der Waals surface area (Å²) in [6, 6.07) is 9.62. The van der Waals surface area contributed by atoms with Crippen LogP contribution in [0.2, 0.25) is 0 Å². The van der Waals surface area contributed by atoms with Crippen LogP contribution in [0.1, 0.15) is 56.1 Å². The van der Waals surface area contributed by atoms with Gasteiger partial charge in [0.2, 0.25) is 0 Å². The summed E-state index contributed by atoms with van der Waals surface area (Å²) >= 11 is 0. The highest BCUT2D eigenvalue weighted by molar-refractivity contribution is 5.54. The van der Waals surface area contributed by atoms with Gasteiger partial charge in [0.1, 0.15) is 6.29 Å². The van der Waals surface area contributed by atoms with Crippen molar-refractivity contribution < 1.29 is 9.90 Å². The van der Waals surface area contributed by atoms with Gasteiger partial charge in [0.25, 0.3) is 0 Å². The zero-order chi connectivity index (χ0) is 19.4. The molecule has 1 saturated carbocycles. The van der Waals surface area contributed by atoms with Crippen molar-refractivity contribution in [1.29, 1.82) is 0 Å². The molecular formula is C24H34N2O2. The highest BCUT2D eigenvalue weighted by atomic mass is 16.3. The average molecular weight is 383 g/mol. The van der Waals surface area contributed by atoms with Gasteiger partial charge in [-0.15, -0.1) is 0 Å². The number of aliphatic hydroxyl groups is 1. The zero-order valence-electron chi connectivity index (χ0n) is 17.0. The van der Waals surface area contributed by atoms with Crippen molar-refractivity contribution in [2.75, 3.05) is 32.7 Å². The topological polar surface area (TPSA) is 43.8 Å². The third-order valence-corrected chi connectivity index (χ3v) is 7.03. The lowest BCUT2D eigenvalue weighted by molar-refractivity contribution is -0.110. The molecule has 3 fully saturated rings. The maximum absolute atomic E-state index is 10.9. The summed E-state index contributed by atoms with van der Waals surface area (Å²) in [6.45, 7) is 4.54. The monoisotopic (exact) mass is 382 g/mol. The normalized spacial score (nSPS) is 24.0. The van der Waals surface area contributed by atoms with Crippen molar-refractivity contribution in [2.24, 2.45) is 0 Å². The quantitative estimate of drug-likeness (QED) is 0.767. The van der Waals surface area contributed by atoms with Gasteiger partial charge in [-0.3, -0.25) is 9.80 Å². The van der Waals surface area contributed by atoms with Crippen LogP contribution in [0.3, 0.4) is 0 Å². The second kappa shape index (κ2) is 8.89. The van der Waals surface area contributed by atoms with Crippen LogP contribution in [0.15, 0.2) is 29.8 Å². The van der Waals surface area contributed by atoms with Gasteiger partial charge in [0.15, 0.2) is 0 Å². The maximum atomic E-state index is 10.9. The lowest BCUT2D eigenvalue weighted by atomic mass is 9.85. The minimum absolute atomic E-state index is 0.484. The van der Waals surface area contributed by atoms with Crippen molar-refractivity contribution in [3.63, 3.8) is 0 Å². The molecule has 4 nitrogen and oxygen atoms in total. The Hall–Kier alpha value is -1.49. The van der Waals surface area contributed by atoms with E-state index in [9.17, 15) is 9.90 Å². The summed E-state index contributed by atoms with van der Waals surface area (Å²) in [4.78, 5) is 15.5. The minimum atomic E-state index is -0.631. The van der Waals surface area contributed by atoms with Gasteiger partial charge in [-0.2, -0.15) is 0 Å². The van der Waals surface area contributed by atoms with Gasteiger partial charge in [0.05, 0.1) is 12.1 Å². The summed E-state index contributed by atoms with van der Waals surface area (Å²) in [7, 11) is 0. The number of benzene rings is 1. The van der Waals surface area contributed by atoms with E-state index in [0.717, 1.165) is 38.3 Å². The van der Waals surface area contributed by atoms with E-state index >= 15 is 0 Å². The molecule has 0 atom stereocenters. The number of likely N-dealkylation sites (tertiary alicyclic amines) is 2. The summed E-state index contributed by atoms with van der Waals surface area (Å²) in [5, 5.41) is 10.9. The third-order valence-electron chi connectivity index (χ3n) is 7.03. The van der Waals surface area contributed by atoms with Crippen LogP contribution in [-0.2, 0) is 11.2 Å². The van der Waals surface area contributed by atoms with Crippen LogP contribution in [-0.4, -0.2) is 65.6 Å². The maximum Gasteiger partial charge on any atom is 0.133 e. The average Bonchev–Trinajstić information content (AvgIpc) is 2.66. The van der Waals surface area contributed by atoms with Crippen LogP contribution in [0, 0.1) is 0 Å². The van der Waals surface area contributed by atoms with E-state index in [2.05, 4.69) is 40.1 Å². The Morgan fingerprint density at radius 1 is 1.04 bits per heavy atom. The molecule has 2 heterocycles. The Balaban J connectivity index is 1.28. The molecule has 0 radical (unpaired) electrons. The van der Waals surface area contributed by atoms with E-state index < -0.39 is 5.60 Å². The number of piperidine rings is 2. The van der Waals surface area contributed by atoms with Crippen LogP contribution in [0.25, 0.3) is 6.08 Å². The van der Waals surface area contributed by atoms with E-state index in [0.29, 0.717) is 13.0 Å². The standard InChI is InChI=1S/C24H34N2O2/c27-17-16-25-14-10-24(28,11-15-25)19-22-6-4-20(5-7-22)18-21-8-12-26(13-9-21)23-2-1-3-23/h4-7,17-18,23,28H,1-3,8-16,19H2. The molecule has 0 amide bonds. The molecule has 1 N–H and O–H groups in total. The van der Waals surface area contributed by atoms with E-state index in [1.165, 1.54) is 56.3 Å². The van der Waals surface area contributed by atoms with Gasteiger partial charge in [-0.05, 0) is 49.7 Å². The molecule has 1 aromatic carbocycles. The lowest BCUT2D eigenvalue weighted by Gasteiger charge is -2.40. The molecule has 4 rings (SSSR count). The fraction of sp³-hybridized carbons (Fsp3) is 0.625. The predicted octanol–water partition coefficient (Wildman–Crippen LogP) is 3.29. The van der Waals surface area contributed by atoms with E-state index in [4.69, 9.17) is 0 Å². The van der Waals surface area contributed by atoms with Crippen molar-refractivity contribution in [1.82, 2.24) is 9.80 Å². The third kappa shape index (κ3) is 4.91. The number of carbonyl (C=O) groups is 1. The SMILES string of the molecule is O=CCN1CCC(O)(Cc2ccc(C=C3CCN(C4CCC4)CC3)cc2)CC1. The Kier molecular flexibility index (Phi) is 6.29. The number of aldehydes is 1.